The van der Waals surface area contributed by atoms with Crippen LogP contribution in [0.4, 0.5) is 0 Å². The van der Waals surface area contributed by atoms with Crippen LogP contribution in [0.5, 0.6) is 0 Å². The fourth-order valence-electron chi connectivity index (χ4n) is 2.25. The minimum absolute atomic E-state index is 0.0310. The van der Waals surface area contributed by atoms with E-state index in [2.05, 4.69) is 26.3 Å². The molecule has 0 fully saturated rings. The van der Waals surface area contributed by atoms with Gasteiger partial charge in [-0.3, -0.25) is 16.9 Å². The van der Waals surface area contributed by atoms with Crippen molar-refractivity contribution in [3.05, 3.63) is 0 Å². The van der Waals surface area contributed by atoms with Crippen LogP contribution in [-0.4, -0.2) is 29.5 Å². The first-order chi connectivity index (χ1) is 11.4. The van der Waals surface area contributed by atoms with Gasteiger partial charge in [0.1, 0.15) is 6.61 Å². The van der Waals surface area contributed by atoms with Gasteiger partial charge in [0.05, 0.1) is 0 Å². The zero-order valence-electron chi connectivity index (χ0n) is 15.5. The molecule has 0 bridgehead atoms. The van der Waals surface area contributed by atoms with E-state index in [4.69, 9.17) is 32.3 Å². The molecule has 0 amide bonds. The molecule has 0 aliphatic carbocycles. The number of nitrogens with one attached hydrogen (secondary N) is 2. The summed E-state index contributed by atoms with van der Waals surface area (Å²) in [5, 5.41) is 7.23. The second kappa shape index (κ2) is 13.7. The van der Waals surface area contributed by atoms with Crippen molar-refractivity contribution in [2.45, 2.75) is 78.4 Å². The zero-order valence-corrected chi connectivity index (χ0v) is 15.5. The number of nitrogens with two attached hydrogens (primary N) is 3. The predicted molar refractivity (Wildman–Crippen MR) is 97.0 cm³/mol. The van der Waals surface area contributed by atoms with Crippen LogP contribution < -0.4 is 22.7 Å². The van der Waals surface area contributed by atoms with Crippen molar-refractivity contribution in [3.63, 3.8) is 0 Å². The molecule has 0 radical (unpaired) electrons. The molecular formula is C16H37N6O2+. The van der Waals surface area contributed by atoms with Crippen molar-refractivity contribution >= 4 is 11.9 Å². The quantitative estimate of drug-likeness (QED) is 0.0812. The molecule has 0 saturated carbocycles. The monoisotopic (exact) mass is 345 g/mol. The molecule has 0 aliphatic heterocycles. The maximum atomic E-state index is 7.23. The third kappa shape index (κ3) is 11.8. The van der Waals surface area contributed by atoms with Gasteiger partial charge in [0, 0.05) is 6.42 Å². The first-order valence-corrected chi connectivity index (χ1v) is 8.94. The van der Waals surface area contributed by atoms with Crippen molar-refractivity contribution in [2.24, 2.45) is 23.1 Å². The fraction of sp³-hybridized carbons (Fsp3) is 0.875. The second-order valence-electron chi connectivity index (χ2n) is 6.41. The summed E-state index contributed by atoms with van der Waals surface area (Å²) in [5.74, 6) is 0.348. The van der Waals surface area contributed by atoms with Crippen LogP contribution in [0.25, 0.3) is 0 Å². The molecule has 1 atom stereocenters. The lowest BCUT2D eigenvalue weighted by Crippen LogP contribution is -2.46. The summed E-state index contributed by atoms with van der Waals surface area (Å²) in [6.07, 6.45) is 7.78. The first kappa shape index (κ1) is 22.3. The normalized spacial score (nSPS) is 12.0. The van der Waals surface area contributed by atoms with Gasteiger partial charge in [0.2, 0.25) is 12.2 Å². The van der Waals surface area contributed by atoms with Gasteiger partial charge < -0.3 is 10.6 Å². The van der Waals surface area contributed by atoms with E-state index in [9.17, 15) is 0 Å². The zero-order chi connectivity index (χ0) is 18.4. The van der Waals surface area contributed by atoms with Crippen LogP contribution in [-0.2, 0) is 9.68 Å². The second-order valence-corrected chi connectivity index (χ2v) is 6.41. The Labute approximate surface area is 146 Å². The molecular weight excluding hydrogens is 308 g/mol. The van der Waals surface area contributed by atoms with Crippen LogP contribution >= 0.6 is 0 Å². The molecule has 0 aliphatic rings. The van der Waals surface area contributed by atoms with Crippen LogP contribution in [0.15, 0.2) is 0 Å². The van der Waals surface area contributed by atoms with Crippen LogP contribution in [0.1, 0.15) is 72.1 Å². The Kier molecular flexibility index (Phi) is 12.7. The molecule has 0 spiro atoms. The molecule has 0 aromatic rings. The van der Waals surface area contributed by atoms with Crippen LogP contribution in [0.2, 0.25) is 0 Å². The van der Waals surface area contributed by atoms with E-state index < -0.39 is 6.23 Å². The lowest BCUT2D eigenvalue weighted by atomic mass is 10.1. The van der Waals surface area contributed by atoms with Crippen molar-refractivity contribution in [1.29, 1.82) is 5.41 Å². The third-order valence-electron chi connectivity index (χ3n) is 3.53. The Morgan fingerprint density at radius 1 is 1.04 bits per heavy atom. The number of guanidine groups is 2. The molecule has 24 heavy (non-hydrogen) atoms. The summed E-state index contributed by atoms with van der Waals surface area (Å²) in [4.78, 5) is 11.1. The summed E-state index contributed by atoms with van der Waals surface area (Å²) in [5.41, 5.74) is 19.1. The van der Waals surface area contributed by atoms with Crippen molar-refractivity contribution < 1.29 is 14.4 Å². The van der Waals surface area contributed by atoms with Gasteiger partial charge in [0.15, 0.2) is 0 Å². The minimum Gasteiger partial charge on any atom is -0.368 e. The standard InChI is InChI=1S/C16H36N6O2/c1-4-5-6-7-8-12-23-22(16(19)20)14(24-21-15(17)18)11-9-10-13(2)3/h13-14H,4-12H2,1-3H3,(H7,17,18,19,20,21)/p+1. The SMILES string of the molecule is CCCCCCCO[N+](=C(N)N)C(CCCC(C)C)ONC(=N)N. The lowest BCUT2D eigenvalue weighted by Gasteiger charge is -2.20. The van der Waals surface area contributed by atoms with Gasteiger partial charge in [0.25, 0.3) is 0 Å². The molecule has 142 valence electrons. The van der Waals surface area contributed by atoms with Gasteiger partial charge in [-0.05, 0) is 25.2 Å². The average Bonchev–Trinajstić information content (AvgIpc) is 2.49. The van der Waals surface area contributed by atoms with Crippen LogP contribution in [0.3, 0.4) is 0 Å². The van der Waals surface area contributed by atoms with E-state index in [-0.39, 0.29) is 11.9 Å². The highest BCUT2D eigenvalue weighted by molar-refractivity contribution is 5.73. The molecule has 0 rings (SSSR count). The molecule has 8 nitrogen and oxygen atoms in total. The predicted octanol–water partition coefficient (Wildman–Crippen LogP) is 1.74. The first-order valence-electron chi connectivity index (χ1n) is 8.94. The van der Waals surface area contributed by atoms with Gasteiger partial charge in [-0.25, -0.2) is 10.3 Å². The molecule has 1 unspecified atom stereocenters. The highest BCUT2D eigenvalue weighted by atomic mass is 16.7. The smallest absolute Gasteiger partial charge is 0.368 e. The van der Waals surface area contributed by atoms with E-state index in [0.29, 0.717) is 18.9 Å². The molecule has 0 aromatic carbocycles. The number of hydroxylamine groups is 2. The van der Waals surface area contributed by atoms with E-state index in [1.165, 1.54) is 24.0 Å². The van der Waals surface area contributed by atoms with Gasteiger partial charge >= 0.3 is 5.96 Å². The maximum Gasteiger partial charge on any atom is 0.380 e. The van der Waals surface area contributed by atoms with Crippen molar-refractivity contribution in [1.82, 2.24) is 5.48 Å². The number of rotatable bonds is 14. The topological polar surface area (TPSA) is 135 Å². The van der Waals surface area contributed by atoms with E-state index in [1.54, 1.807) is 0 Å². The minimum atomic E-state index is -0.534. The number of hydrogen-bond donors (Lipinski definition) is 5. The van der Waals surface area contributed by atoms with E-state index in [0.717, 1.165) is 25.7 Å². The van der Waals surface area contributed by atoms with Gasteiger partial charge in [-0.2, -0.15) is 0 Å². The maximum absolute atomic E-state index is 7.23. The van der Waals surface area contributed by atoms with Gasteiger partial charge in [-0.1, -0.05) is 51.2 Å². The Morgan fingerprint density at radius 3 is 2.25 bits per heavy atom. The average molecular weight is 346 g/mol. The highest BCUT2D eigenvalue weighted by Gasteiger charge is 2.22. The van der Waals surface area contributed by atoms with Crippen molar-refractivity contribution in [2.75, 3.05) is 6.61 Å². The molecule has 0 saturated heterocycles. The summed E-state index contributed by atoms with van der Waals surface area (Å²) in [6.45, 7) is 7.03. The largest absolute Gasteiger partial charge is 0.380 e. The summed E-state index contributed by atoms with van der Waals surface area (Å²) in [7, 11) is 0. The summed E-state index contributed by atoms with van der Waals surface area (Å²) in [6, 6.07) is 0. The van der Waals surface area contributed by atoms with Crippen LogP contribution in [0, 0.1) is 11.3 Å². The third-order valence-corrected chi connectivity index (χ3v) is 3.53. The number of nitrogens with zero attached hydrogens (tertiary/aromatic N) is 1. The highest BCUT2D eigenvalue weighted by Crippen LogP contribution is 2.12. The summed E-state index contributed by atoms with van der Waals surface area (Å²) < 4.78 is 1.37. The van der Waals surface area contributed by atoms with Crippen molar-refractivity contribution in [3.8, 4) is 0 Å². The Bertz CT molecular complexity index is 370. The number of unbranched alkanes of at least 4 members (excludes halogenated alkanes) is 4. The number of hydrogen-bond acceptors (Lipinski definition) is 3. The van der Waals surface area contributed by atoms with Gasteiger partial charge in [-0.15, -0.1) is 0 Å². The molecule has 8 heteroatoms. The molecule has 0 aromatic heterocycles. The van der Waals surface area contributed by atoms with E-state index >= 15 is 0 Å². The Morgan fingerprint density at radius 2 is 1.71 bits per heavy atom. The summed E-state index contributed by atoms with van der Waals surface area (Å²) >= 11 is 0. The molecule has 8 N–H and O–H groups in total. The fourth-order valence-corrected chi connectivity index (χ4v) is 2.25. The van der Waals surface area contributed by atoms with E-state index in [1.807, 2.05) is 0 Å². The Balaban J connectivity index is 4.54. The lowest BCUT2D eigenvalue weighted by molar-refractivity contribution is -0.838. The Hall–Kier alpha value is -1.70. The molecule has 0 heterocycles.